The SMILES string of the molecule is Cc1nnc(CN=C(NCCc2cccs2)N(C)Cc2ncnn2C)n1C.I. The van der Waals surface area contributed by atoms with E-state index >= 15 is 0 Å². The monoisotopic (exact) mass is 515 g/mol. The van der Waals surface area contributed by atoms with Gasteiger partial charge in [0.25, 0.3) is 0 Å². The van der Waals surface area contributed by atoms with Crippen molar-refractivity contribution >= 4 is 41.3 Å². The molecule has 3 rings (SSSR count). The lowest BCUT2D eigenvalue weighted by atomic mass is 10.3. The number of nitrogens with one attached hydrogen (secondary N) is 1. The Hall–Kier alpha value is -2.02. The van der Waals surface area contributed by atoms with Gasteiger partial charge in [0, 0.05) is 32.6 Å². The van der Waals surface area contributed by atoms with Crippen LogP contribution in [0.15, 0.2) is 28.8 Å². The smallest absolute Gasteiger partial charge is 0.194 e. The maximum absolute atomic E-state index is 4.75. The number of hydrogen-bond acceptors (Lipinski definition) is 6. The van der Waals surface area contributed by atoms with Crippen molar-refractivity contribution in [3.8, 4) is 0 Å². The van der Waals surface area contributed by atoms with Gasteiger partial charge in [-0.3, -0.25) is 4.68 Å². The molecule has 1 N–H and O–H groups in total. The van der Waals surface area contributed by atoms with Gasteiger partial charge in [0.1, 0.15) is 24.5 Å². The van der Waals surface area contributed by atoms with Crippen LogP contribution in [-0.2, 0) is 33.6 Å². The third-order valence-electron chi connectivity index (χ3n) is 4.33. The van der Waals surface area contributed by atoms with Crippen molar-refractivity contribution in [1.29, 1.82) is 0 Å². The molecule has 0 saturated heterocycles. The molecular formula is C17H26IN9S. The molecule has 3 aromatic heterocycles. The third-order valence-corrected chi connectivity index (χ3v) is 5.27. The fourth-order valence-corrected chi connectivity index (χ4v) is 3.26. The number of aliphatic imine (C=N–C) groups is 1. The highest BCUT2D eigenvalue weighted by molar-refractivity contribution is 14.0. The van der Waals surface area contributed by atoms with E-state index in [0.717, 1.165) is 36.4 Å². The normalized spacial score (nSPS) is 11.4. The van der Waals surface area contributed by atoms with Crippen molar-refractivity contribution in [1.82, 2.24) is 39.7 Å². The standard InChI is InChI=1S/C17H25N9S.HI/c1-13-22-23-15(25(13)3)10-19-17(18-8-7-14-6-5-9-27-14)24(2)11-16-20-12-21-26(16)4;/h5-6,9,12H,7-8,10-11H2,1-4H3,(H,18,19);1H. The summed E-state index contributed by atoms with van der Waals surface area (Å²) in [5, 5.41) is 18.0. The minimum Gasteiger partial charge on any atom is -0.356 e. The van der Waals surface area contributed by atoms with E-state index in [1.165, 1.54) is 4.88 Å². The molecule has 28 heavy (non-hydrogen) atoms. The highest BCUT2D eigenvalue weighted by Crippen LogP contribution is 2.08. The van der Waals surface area contributed by atoms with E-state index < -0.39 is 0 Å². The first-order valence-electron chi connectivity index (χ1n) is 8.74. The van der Waals surface area contributed by atoms with E-state index in [9.17, 15) is 0 Å². The first-order chi connectivity index (χ1) is 13.0. The van der Waals surface area contributed by atoms with Crippen molar-refractivity contribution in [2.24, 2.45) is 19.1 Å². The number of halogens is 1. The number of nitrogens with zero attached hydrogens (tertiary/aromatic N) is 8. The quantitative estimate of drug-likeness (QED) is 0.293. The molecule has 0 aliphatic rings. The van der Waals surface area contributed by atoms with E-state index in [1.807, 2.05) is 37.5 Å². The van der Waals surface area contributed by atoms with E-state index in [0.29, 0.717) is 13.1 Å². The van der Waals surface area contributed by atoms with Gasteiger partial charge in [-0.1, -0.05) is 6.07 Å². The highest BCUT2D eigenvalue weighted by Gasteiger charge is 2.12. The van der Waals surface area contributed by atoms with Gasteiger partial charge in [0.2, 0.25) is 0 Å². The molecule has 0 atom stereocenters. The van der Waals surface area contributed by atoms with Crippen LogP contribution in [0.2, 0.25) is 0 Å². The molecule has 0 radical (unpaired) electrons. The number of aryl methyl sites for hydroxylation is 2. The molecular weight excluding hydrogens is 489 g/mol. The Morgan fingerprint density at radius 2 is 2.11 bits per heavy atom. The maximum Gasteiger partial charge on any atom is 0.194 e. The molecule has 0 unspecified atom stereocenters. The predicted molar refractivity (Wildman–Crippen MR) is 121 cm³/mol. The Morgan fingerprint density at radius 3 is 2.71 bits per heavy atom. The van der Waals surface area contributed by atoms with Gasteiger partial charge in [-0.25, -0.2) is 9.98 Å². The highest BCUT2D eigenvalue weighted by atomic mass is 127. The number of thiophene rings is 1. The Kier molecular flexibility index (Phi) is 8.35. The zero-order valence-corrected chi connectivity index (χ0v) is 19.7. The van der Waals surface area contributed by atoms with Gasteiger partial charge >= 0.3 is 0 Å². The Bertz CT molecular complexity index is 884. The van der Waals surface area contributed by atoms with Crippen molar-refractivity contribution in [3.05, 3.63) is 46.2 Å². The van der Waals surface area contributed by atoms with Gasteiger partial charge in [0.15, 0.2) is 11.8 Å². The lowest BCUT2D eigenvalue weighted by molar-refractivity contribution is 0.447. The summed E-state index contributed by atoms with van der Waals surface area (Å²) in [5.41, 5.74) is 0. The summed E-state index contributed by atoms with van der Waals surface area (Å²) in [6.45, 7) is 3.81. The van der Waals surface area contributed by atoms with Crippen LogP contribution in [0.25, 0.3) is 0 Å². The fourth-order valence-electron chi connectivity index (χ4n) is 2.55. The van der Waals surface area contributed by atoms with Gasteiger partial charge in [-0.15, -0.1) is 45.5 Å². The second-order valence-corrected chi connectivity index (χ2v) is 7.31. The summed E-state index contributed by atoms with van der Waals surface area (Å²) >= 11 is 1.77. The van der Waals surface area contributed by atoms with Crippen molar-refractivity contribution in [3.63, 3.8) is 0 Å². The van der Waals surface area contributed by atoms with Crippen LogP contribution in [-0.4, -0.2) is 54.0 Å². The van der Waals surface area contributed by atoms with Crippen LogP contribution in [0.1, 0.15) is 22.4 Å². The first kappa shape index (κ1) is 22.3. The van der Waals surface area contributed by atoms with E-state index in [4.69, 9.17) is 4.99 Å². The topological polar surface area (TPSA) is 89.1 Å². The van der Waals surface area contributed by atoms with Gasteiger partial charge in [-0.05, 0) is 24.8 Å². The first-order valence-corrected chi connectivity index (χ1v) is 9.62. The molecule has 0 aliphatic carbocycles. The summed E-state index contributed by atoms with van der Waals surface area (Å²) in [5.74, 6) is 3.38. The molecule has 9 nitrogen and oxygen atoms in total. The lowest BCUT2D eigenvalue weighted by Crippen LogP contribution is -2.40. The van der Waals surface area contributed by atoms with Crippen molar-refractivity contribution in [2.75, 3.05) is 13.6 Å². The molecule has 0 fully saturated rings. The van der Waals surface area contributed by atoms with Crippen LogP contribution >= 0.6 is 35.3 Å². The average molecular weight is 515 g/mol. The minimum absolute atomic E-state index is 0. The van der Waals surface area contributed by atoms with Crippen LogP contribution in [0, 0.1) is 6.92 Å². The second-order valence-electron chi connectivity index (χ2n) is 6.27. The molecule has 0 aliphatic heterocycles. The molecule has 0 amide bonds. The minimum atomic E-state index is 0. The molecule has 152 valence electrons. The molecule has 0 saturated carbocycles. The maximum atomic E-state index is 4.75. The number of aromatic nitrogens is 6. The summed E-state index contributed by atoms with van der Waals surface area (Å²) in [6.07, 6.45) is 2.52. The molecule has 0 aromatic carbocycles. The molecule has 3 heterocycles. The van der Waals surface area contributed by atoms with E-state index in [-0.39, 0.29) is 24.0 Å². The van der Waals surface area contributed by atoms with Crippen LogP contribution < -0.4 is 5.32 Å². The van der Waals surface area contributed by atoms with E-state index in [2.05, 4.69) is 43.1 Å². The average Bonchev–Trinajstić information content (AvgIpc) is 3.37. The Labute approximate surface area is 185 Å². The summed E-state index contributed by atoms with van der Waals surface area (Å²) < 4.78 is 3.72. The summed E-state index contributed by atoms with van der Waals surface area (Å²) in [7, 11) is 5.83. The van der Waals surface area contributed by atoms with Gasteiger partial charge in [0.05, 0.1) is 6.54 Å². The van der Waals surface area contributed by atoms with Crippen LogP contribution in [0.4, 0.5) is 0 Å². The molecule has 3 aromatic rings. The Balaban J connectivity index is 0.00000280. The summed E-state index contributed by atoms with van der Waals surface area (Å²) in [6, 6.07) is 4.22. The number of hydrogen-bond donors (Lipinski definition) is 1. The zero-order chi connectivity index (χ0) is 19.2. The van der Waals surface area contributed by atoms with Crippen molar-refractivity contribution in [2.45, 2.75) is 26.4 Å². The van der Waals surface area contributed by atoms with Gasteiger partial charge < -0.3 is 14.8 Å². The third kappa shape index (κ3) is 5.74. The zero-order valence-electron chi connectivity index (χ0n) is 16.5. The van der Waals surface area contributed by atoms with Crippen molar-refractivity contribution < 1.29 is 0 Å². The number of guanidine groups is 1. The summed E-state index contributed by atoms with van der Waals surface area (Å²) in [4.78, 5) is 12.4. The van der Waals surface area contributed by atoms with E-state index in [1.54, 1.807) is 22.3 Å². The fraction of sp³-hybridized carbons (Fsp3) is 0.471. The largest absolute Gasteiger partial charge is 0.356 e. The molecule has 11 heteroatoms. The van der Waals surface area contributed by atoms with Crippen LogP contribution in [0.5, 0.6) is 0 Å². The Morgan fingerprint density at radius 1 is 1.29 bits per heavy atom. The number of rotatable bonds is 7. The van der Waals surface area contributed by atoms with Crippen LogP contribution in [0.3, 0.4) is 0 Å². The lowest BCUT2D eigenvalue weighted by Gasteiger charge is -2.22. The van der Waals surface area contributed by atoms with Gasteiger partial charge in [-0.2, -0.15) is 5.10 Å². The predicted octanol–water partition coefficient (Wildman–Crippen LogP) is 1.75. The second kappa shape index (κ2) is 10.5. The molecule has 0 bridgehead atoms. The molecule has 0 spiro atoms.